The summed E-state index contributed by atoms with van der Waals surface area (Å²) in [7, 11) is 0.545. The van der Waals surface area contributed by atoms with Gasteiger partial charge in [-0.3, -0.25) is 9.59 Å². The lowest BCUT2D eigenvalue weighted by Gasteiger charge is -2.34. The van der Waals surface area contributed by atoms with Crippen molar-refractivity contribution in [3.8, 4) is 5.75 Å². The molecule has 0 saturated heterocycles. The molecule has 0 radical (unpaired) electrons. The zero-order valence-corrected chi connectivity index (χ0v) is 19.8. The maximum atomic E-state index is 12.6. The van der Waals surface area contributed by atoms with Crippen LogP contribution < -0.4 is 26.4 Å². The molecule has 1 heterocycles. The minimum Gasteiger partial charge on any atom is -0.504 e. The van der Waals surface area contributed by atoms with E-state index in [4.69, 9.17) is 11.6 Å². The number of aromatic hydroxyl groups is 1. The number of fused-ring (bicyclic) bond motifs is 1. The molecule has 1 aliphatic rings. The van der Waals surface area contributed by atoms with Crippen molar-refractivity contribution < 1.29 is 13.5 Å². The molecule has 0 saturated carbocycles. The van der Waals surface area contributed by atoms with E-state index in [-0.39, 0.29) is 28.1 Å². The number of para-hydroxylation sites is 1. The number of hydrogen-bond acceptors (Lipinski definition) is 8. The van der Waals surface area contributed by atoms with Crippen LogP contribution in [-0.2, 0) is 10.0 Å². The molecule has 1 atom stereocenters. The summed E-state index contributed by atoms with van der Waals surface area (Å²) in [5.41, 5.74) is 0.590. The summed E-state index contributed by atoms with van der Waals surface area (Å²) in [6, 6.07) is 10.2. The molecule has 174 valence electrons. The van der Waals surface area contributed by atoms with E-state index in [0.29, 0.717) is 6.42 Å². The monoisotopic (exact) mass is 490 g/mol. The molecular formula is C22H23ClN4O5S. The van der Waals surface area contributed by atoms with Crippen molar-refractivity contribution in [2.24, 2.45) is 0 Å². The number of halogens is 1. The topological polar surface area (TPSA) is 119 Å². The molecule has 1 aliphatic heterocycles. The van der Waals surface area contributed by atoms with Gasteiger partial charge in [0.2, 0.25) is 10.0 Å². The minimum absolute atomic E-state index is 0.0396. The third-order valence-electron chi connectivity index (χ3n) is 5.79. The van der Waals surface area contributed by atoms with Gasteiger partial charge in [0.05, 0.1) is 16.8 Å². The Labute approximate surface area is 196 Å². The van der Waals surface area contributed by atoms with Gasteiger partial charge in [-0.1, -0.05) is 29.8 Å². The number of phenolic OH excluding ortho intramolecular Hbond substituents is 1. The van der Waals surface area contributed by atoms with Crippen LogP contribution in [0.1, 0.15) is 18.0 Å². The minimum atomic E-state index is -4.06. The van der Waals surface area contributed by atoms with E-state index in [1.54, 1.807) is 0 Å². The third-order valence-corrected chi connectivity index (χ3v) is 8.10. The second-order valence-corrected chi connectivity index (χ2v) is 10.6. The van der Waals surface area contributed by atoms with Crippen LogP contribution in [0.5, 0.6) is 5.75 Å². The maximum Gasteiger partial charge on any atom is 0.253 e. The number of sulfonamides is 1. The molecule has 9 nitrogen and oxygen atoms in total. The van der Waals surface area contributed by atoms with Gasteiger partial charge in [0.25, 0.3) is 10.9 Å². The highest BCUT2D eigenvalue weighted by Crippen LogP contribution is 2.40. The summed E-state index contributed by atoms with van der Waals surface area (Å²) in [5.74, 6) is -0.639. The molecule has 3 aromatic rings. The summed E-state index contributed by atoms with van der Waals surface area (Å²) in [5, 5.41) is 16.4. The molecule has 0 aliphatic carbocycles. The van der Waals surface area contributed by atoms with E-state index < -0.39 is 31.5 Å². The third kappa shape index (κ3) is 3.84. The first-order chi connectivity index (χ1) is 15.5. The highest BCUT2D eigenvalue weighted by molar-refractivity contribution is 7.89. The molecule has 0 fully saturated rings. The number of benzene rings is 2. The second-order valence-electron chi connectivity index (χ2n) is 8.06. The van der Waals surface area contributed by atoms with E-state index in [2.05, 4.69) is 15.5 Å². The van der Waals surface area contributed by atoms with Gasteiger partial charge < -0.3 is 20.6 Å². The predicted molar refractivity (Wildman–Crippen MR) is 129 cm³/mol. The number of rotatable bonds is 6. The first kappa shape index (κ1) is 23.1. The van der Waals surface area contributed by atoms with E-state index in [1.807, 2.05) is 31.3 Å². The molecule has 3 aromatic carbocycles. The van der Waals surface area contributed by atoms with Crippen molar-refractivity contribution in [3.05, 3.63) is 67.4 Å². The molecule has 0 bridgehead atoms. The molecule has 0 amide bonds. The highest BCUT2D eigenvalue weighted by atomic mass is 35.5. The molecule has 1 unspecified atom stereocenters. The fourth-order valence-electron chi connectivity index (χ4n) is 3.91. The van der Waals surface area contributed by atoms with Crippen LogP contribution in [0.15, 0.2) is 50.9 Å². The summed E-state index contributed by atoms with van der Waals surface area (Å²) < 4.78 is 26.1. The first-order valence-electron chi connectivity index (χ1n) is 10.1. The van der Waals surface area contributed by atoms with E-state index in [1.165, 1.54) is 26.2 Å². The van der Waals surface area contributed by atoms with Crippen molar-refractivity contribution in [2.75, 3.05) is 43.2 Å². The summed E-state index contributed by atoms with van der Waals surface area (Å²) in [4.78, 5) is 26.3. The average Bonchev–Trinajstić information content (AvgIpc) is 2.78. The zero-order valence-electron chi connectivity index (χ0n) is 18.2. The Kier molecular flexibility index (Phi) is 5.85. The van der Waals surface area contributed by atoms with Crippen molar-refractivity contribution in [1.29, 1.82) is 0 Å². The molecule has 3 N–H and O–H groups in total. The van der Waals surface area contributed by atoms with Gasteiger partial charge in [-0.2, -0.15) is 0 Å². The number of hydrogen-bond donors (Lipinski definition) is 3. The Balaban J connectivity index is 1.69. The lowest BCUT2D eigenvalue weighted by Crippen LogP contribution is -2.39. The van der Waals surface area contributed by atoms with Crippen molar-refractivity contribution in [3.63, 3.8) is 0 Å². The Morgan fingerprint density at radius 3 is 2.45 bits per heavy atom. The summed E-state index contributed by atoms with van der Waals surface area (Å²) >= 11 is 6.04. The van der Waals surface area contributed by atoms with Gasteiger partial charge in [0.1, 0.15) is 16.3 Å². The normalized spacial score (nSPS) is 16.2. The van der Waals surface area contributed by atoms with Crippen LogP contribution in [-0.4, -0.2) is 45.5 Å². The van der Waals surface area contributed by atoms with Gasteiger partial charge >= 0.3 is 0 Å². The number of anilines is 4. The zero-order chi connectivity index (χ0) is 24.1. The molecule has 0 spiro atoms. The standard InChI is InChI=1S/C22H23ClN4O5S/c1-26(2)33(31,32)22-13(23)8-9-15(19(22)28)25-18-17(20(29)21(18)30)24-14-10-11-27(3)16-7-5-4-6-12(14)16/h4-9,14,24-25,28H,10-11H2,1-3H3. The quantitative estimate of drug-likeness (QED) is 0.356. The number of phenols is 1. The molecule has 11 heteroatoms. The number of nitrogens with zero attached hydrogens (tertiary/aromatic N) is 2. The van der Waals surface area contributed by atoms with Crippen LogP contribution in [0.4, 0.5) is 22.7 Å². The SMILES string of the molecule is CN1CCC(Nc2c(Nc3ccc(Cl)c(S(=O)(=O)N(C)C)c3O)c(=O)c2=O)c2ccccc21. The van der Waals surface area contributed by atoms with Crippen molar-refractivity contribution >= 4 is 44.4 Å². The molecule has 4 rings (SSSR count). The van der Waals surface area contributed by atoms with E-state index >= 15 is 0 Å². The lowest BCUT2D eigenvalue weighted by molar-refractivity contribution is 0.455. The van der Waals surface area contributed by atoms with Gasteiger partial charge in [-0.25, -0.2) is 12.7 Å². The number of nitrogens with one attached hydrogen (secondary N) is 2. The lowest BCUT2D eigenvalue weighted by atomic mass is 9.96. The highest BCUT2D eigenvalue weighted by Gasteiger charge is 2.31. The second kappa shape index (κ2) is 8.36. The van der Waals surface area contributed by atoms with Crippen LogP contribution in [0.25, 0.3) is 0 Å². The molecule has 0 aromatic heterocycles. The fourth-order valence-corrected chi connectivity index (χ4v) is 5.39. The van der Waals surface area contributed by atoms with Crippen LogP contribution in [0.2, 0.25) is 5.02 Å². The summed E-state index contributed by atoms with van der Waals surface area (Å²) in [6.45, 7) is 0.761. The van der Waals surface area contributed by atoms with E-state index in [9.17, 15) is 23.1 Å². The van der Waals surface area contributed by atoms with Crippen molar-refractivity contribution in [1.82, 2.24) is 4.31 Å². The predicted octanol–water partition coefficient (Wildman–Crippen LogP) is 2.63. The van der Waals surface area contributed by atoms with Gasteiger partial charge in [-0.05, 0) is 30.2 Å². The van der Waals surface area contributed by atoms with Crippen LogP contribution in [0.3, 0.4) is 0 Å². The fraction of sp³-hybridized carbons (Fsp3) is 0.273. The van der Waals surface area contributed by atoms with Crippen molar-refractivity contribution in [2.45, 2.75) is 17.4 Å². The van der Waals surface area contributed by atoms with E-state index in [0.717, 1.165) is 22.1 Å². The Morgan fingerprint density at radius 2 is 1.76 bits per heavy atom. The Morgan fingerprint density at radius 1 is 1.09 bits per heavy atom. The van der Waals surface area contributed by atoms with Gasteiger partial charge in [0.15, 0.2) is 5.75 Å². The molecular weight excluding hydrogens is 468 g/mol. The largest absolute Gasteiger partial charge is 0.504 e. The molecule has 33 heavy (non-hydrogen) atoms. The summed E-state index contributed by atoms with van der Waals surface area (Å²) in [6.07, 6.45) is 0.711. The Hall–Kier alpha value is -3.08. The Bertz CT molecular complexity index is 1410. The van der Waals surface area contributed by atoms with Gasteiger partial charge in [0, 0.05) is 33.4 Å². The first-order valence-corrected chi connectivity index (χ1v) is 12.0. The average molecular weight is 491 g/mol. The maximum absolute atomic E-state index is 12.6. The van der Waals surface area contributed by atoms with Crippen LogP contribution in [0, 0.1) is 0 Å². The van der Waals surface area contributed by atoms with Crippen LogP contribution >= 0.6 is 11.6 Å². The van der Waals surface area contributed by atoms with Gasteiger partial charge in [-0.15, -0.1) is 0 Å². The smallest absolute Gasteiger partial charge is 0.253 e.